The topological polar surface area (TPSA) is 45.0 Å². The normalized spacial score (nSPS) is 9.85. The lowest BCUT2D eigenvalue weighted by atomic mass is 10.1. The highest BCUT2D eigenvalue weighted by atomic mass is 79.9. The zero-order chi connectivity index (χ0) is 14.4. The average Bonchev–Trinajstić information content (AvgIpc) is 2.47. The van der Waals surface area contributed by atoms with E-state index in [-0.39, 0.29) is 6.61 Å². The van der Waals surface area contributed by atoms with Crippen molar-refractivity contribution in [1.29, 1.82) is 5.26 Å². The maximum Gasteiger partial charge on any atom is 0.174 e. The molecule has 0 amide bonds. The summed E-state index contributed by atoms with van der Waals surface area (Å²) >= 11 is 3.50. The van der Waals surface area contributed by atoms with Crippen LogP contribution in [0.1, 0.15) is 11.1 Å². The van der Waals surface area contributed by atoms with Crippen molar-refractivity contribution in [3.05, 3.63) is 58.1 Å². The first-order chi connectivity index (χ1) is 9.69. The van der Waals surface area contributed by atoms with Crippen LogP contribution in [0.5, 0.6) is 5.75 Å². The smallest absolute Gasteiger partial charge is 0.174 e. The molecule has 0 bridgehead atoms. The van der Waals surface area contributed by atoms with Crippen LogP contribution in [0.3, 0.4) is 0 Å². The van der Waals surface area contributed by atoms with Crippen LogP contribution in [0.4, 0.5) is 5.69 Å². The Balaban J connectivity index is 1.93. The SMILES string of the molecule is Cc1cc(CNc2ccc(OCC#N)cc2)ccc1Br. The van der Waals surface area contributed by atoms with Gasteiger partial charge in [-0.1, -0.05) is 28.1 Å². The Kier molecular flexibility index (Phi) is 5.03. The predicted molar refractivity (Wildman–Crippen MR) is 83.8 cm³/mol. The number of halogens is 1. The molecule has 0 aliphatic heterocycles. The van der Waals surface area contributed by atoms with Gasteiger partial charge in [-0.25, -0.2) is 0 Å². The van der Waals surface area contributed by atoms with E-state index in [1.807, 2.05) is 30.3 Å². The molecule has 4 heteroatoms. The molecular formula is C16H15BrN2O. The zero-order valence-corrected chi connectivity index (χ0v) is 12.8. The summed E-state index contributed by atoms with van der Waals surface area (Å²) in [6, 6.07) is 15.8. The fraction of sp³-hybridized carbons (Fsp3) is 0.188. The predicted octanol–water partition coefficient (Wildman–Crippen LogP) is 4.27. The number of aryl methyl sites for hydroxylation is 1. The number of nitrogens with one attached hydrogen (secondary N) is 1. The first-order valence-electron chi connectivity index (χ1n) is 6.28. The van der Waals surface area contributed by atoms with Gasteiger partial charge in [0.1, 0.15) is 11.8 Å². The minimum Gasteiger partial charge on any atom is -0.479 e. The molecule has 0 spiro atoms. The third-order valence-electron chi connectivity index (χ3n) is 2.88. The summed E-state index contributed by atoms with van der Waals surface area (Å²) in [6.07, 6.45) is 0. The highest BCUT2D eigenvalue weighted by Gasteiger charge is 1.99. The maximum atomic E-state index is 8.44. The number of ether oxygens (including phenoxy) is 1. The van der Waals surface area contributed by atoms with Gasteiger partial charge < -0.3 is 10.1 Å². The second-order valence-corrected chi connectivity index (χ2v) is 5.26. The van der Waals surface area contributed by atoms with Gasteiger partial charge in [0.2, 0.25) is 0 Å². The minimum atomic E-state index is 0.0744. The van der Waals surface area contributed by atoms with Gasteiger partial charge in [-0.3, -0.25) is 0 Å². The third kappa shape index (κ3) is 4.01. The van der Waals surface area contributed by atoms with Crippen molar-refractivity contribution in [3.63, 3.8) is 0 Å². The van der Waals surface area contributed by atoms with E-state index in [0.717, 1.165) is 16.7 Å². The van der Waals surface area contributed by atoms with Crippen molar-refractivity contribution in [3.8, 4) is 11.8 Å². The van der Waals surface area contributed by atoms with Gasteiger partial charge >= 0.3 is 0 Å². The number of hydrogen-bond donors (Lipinski definition) is 1. The number of nitrogens with zero attached hydrogens (tertiary/aromatic N) is 1. The van der Waals surface area contributed by atoms with E-state index >= 15 is 0 Å². The molecule has 0 aliphatic rings. The molecule has 2 aromatic rings. The Hall–Kier alpha value is -1.99. The molecule has 0 aliphatic carbocycles. The molecular weight excluding hydrogens is 316 g/mol. The van der Waals surface area contributed by atoms with Crippen LogP contribution in [0.2, 0.25) is 0 Å². The first kappa shape index (κ1) is 14.4. The van der Waals surface area contributed by atoms with Crippen LogP contribution in [-0.4, -0.2) is 6.61 Å². The van der Waals surface area contributed by atoms with Crippen molar-refractivity contribution in [2.75, 3.05) is 11.9 Å². The quantitative estimate of drug-likeness (QED) is 0.890. The number of nitriles is 1. The van der Waals surface area contributed by atoms with Gasteiger partial charge in [-0.05, 0) is 48.4 Å². The Morgan fingerprint density at radius 1 is 1.20 bits per heavy atom. The van der Waals surface area contributed by atoms with Gasteiger partial charge in [0.15, 0.2) is 6.61 Å². The van der Waals surface area contributed by atoms with E-state index in [4.69, 9.17) is 10.00 Å². The van der Waals surface area contributed by atoms with Gasteiger partial charge in [0, 0.05) is 16.7 Å². The number of benzene rings is 2. The van der Waals surface area contributed by atoms with Gasteiger partial charge in [-0.15, -0.1) is 0 Å². The standard InChI is InChI=1S/C16H15BrN2O/c1-12-10-13(2-7-16(12)17)11-19-14-3-5-15(6-4-14)20-9-8-18/h2-7,10,19H,9,11H2,1H3. The van der Waals surface area contributed by atoms with Crippen LogP contribution in [0, 0.1) is 18.3 Å². The van der Waals surface area contributed by atoms with Crippen LogP contribution in [0.25, 0.3) is 0 Å². The number of rotatable bonds is 5. The Bertz CT molecular complexity index is 617. The van der Waals surface area contributed by atoms with Crippen LogP contribution >= 0.6 is 15.9 Å². The van der Waals surface area contributed by atoms with E-state index in [9.17, 15) is 0 Å². The Morgan fingerprint density at radius 2 is 1.95 bits per heavy atom. The molecule has 20 heavy (non-hydrogen) atoms. The second-order valence-electron chi connectivity index (χ2n) is 4.41. The second kappa shape index (κ2) is 6.97. The van der Waals surface area contributed by atoms with Crippen LogP contribution < -0.4 is 10.1 Å². The molecule has 2 aromatic carbocycles. The molecule has 2 rings (SSSR count). The summed E-state index contributed by atoms with van der Waals surface area (Å²) < 4.78 is 6.33. The van der Waals surface area contributed by atoms with Crippen LogP contribution in [-0.2, 0) is 6.54 Å². The number of hydrogen-bond acceptors (Lipinski definition) is 3. The van der Waals surface area contributed by atoms with Crippen molar-refractivity contribution in [2.24, 2.45) is 0 Å². The van der Waals surface area contributed by atoms with Crippen molar-refractivity contribution >= 4 is 21.6 Å². The van der Waals surface area contributed by atoms with E-state index in [1.54, 1.807) is 0 Å². The van der Waals surface area contributed by atoms with E-state index in [2.05, 4.69) is 46.4 Å². The van der Waals surface area contributed by atoms with E-state index in [1.165, 1.54) is 11.1 Å². The molecule has 0 heterocycles. The van der Waals surface area contributed by atoms with Crippen LogP contribution in [0.15, 0.2) is 46.9 Å². The summed E-state index contributed by atoms with van der Waals surface area (Å²) in [5.74, 6) is 0.705. The molecule has 0 saturated carbocycles. The molecule has 102 valence electrons. The summed E-state index contributed by atoms with van der Waals surface area (Å²) in [4.78, 5) is 0. The lowest BCUT2D eigenvalue weighted by molar-refractivity contribution is 0.368. The monoisotopic (exact) mass is 330 g/mol. The molecule has 0 aromatic heterocycles. The minimum absolute atomic E-state index is 0.0744. The summed E-state index contributed by atoms with van der Waals surface area (Å²) in [5.41, 5.74) is 3.48. The van der Waals surface area contributed by atoms with Crippen molar-refractivity contribution in [2.45, 2.75) is 13.5 Å². The van der Waals surface area contributed by atoms with Gasteiger partial charge in [0.05, 0.1) is 0 Å². The molecule has 0 saturated heterocycles. The summed E-state index contributed by atoms with van der Waals surface area (Å²) in [7, 11) is 0. The fourth-order valence-electron chi connectivity index (χ4n) is 1.81. The average molecular weight is 331 g/mol. The largest absolute Gasteiger partial charge is 0.479 e. The fourth-order valence-corrected chi connectivity index (χ4v) is 2.05. The highest BCUT2D eigenvalue weighted by molar-refractivity contribution is 9.10. The Labute approximate surface area is 127 Å². The summed E-state index contributed by atoms with van der Waals surface area (Å²) in [6.45, 7) is 2.92. The lowest BCUT2D eigenvalue weighted by Crippen LogP contribution is -2.00. The highest BCUT2D eigenvalue weighted by Crippen LogP contribution is 2.19. The summed E-state index contributed by atoms with van der Waals surface area (Å²) in [5, 5.41) is 11.8. The third-order valence-corrected chi connectivity index (χ3v) is 3.77. The Morgan fingerprint density at radius 3 is 2.60 bits per heavy atom. The van der Waals surface area contributed by atoms with E-state index in [0.29, 0.717) is 5.75 Å². The van der Waals surface area contributed by atoms with Gasteiger partial charge in [0.25, 0.3) is 0 Å². The zero-order valence-electron chi connectivity index (χ0n) is 11.2. The van der Waals surface area contributed by atoms with Gasteiger partial charge in [-0.2, -0.15) is 5.26 Å². The molecule has 0 atom stereocenters. The van der Waals surface area contributed by atoms with E-state index < -0.39 is 0 Å². The molecule has 3 nitrogen and oxygen atoms in total. The lowest BCUT2D eigenvalue weighted by Gasteiger charge is -2.09. The molecule has 0 unspecified atom stereocenters. The van der Waals surface area contributed by atoms with Crippen molar-refractivity contribution in [1.82, 2.24) is 0 Å². The molecule has 0 fully saturated rings. The van der Waals surface area contributed by atoms with Crippen molar-refractivity contribution < 1.29 is 4.74 Å². The molecule has 0 radical (unpaired) electrons. The first-order valence-corrected chi connectivity index (χ1v) is 7.07. The molecule has 1 N–H and O–H groups in total. The maximum absolute atomic E-state index is 8.44. The number of anilines is 1.